The highest BCUT2D eigenvalue weighted by molar-refractivity contribution is 5.92. The zero-order valence-electron chi connectivity index (χ0n) is 13.6. The predicted octanol–water partition coefficient (Wildman–Crippen LogP) is 0.627. The van der Waals surface area contributed by atoms with Crippen LogP contribution in [0, 0.1) is 5.41 Å². The van der Waals surface area contributed by atoms with Crippen molar-refractivity contribution in [3.63, 3.8) is 0 Å². The molecule has 1 aromatic heterocycles. The van der Waals surface area contributed by atoms with Crippen molar-refractivity contribution in [3.8, 4) is 0 Å². The minimum Gasteiger partial charge on any atom is -0.379 e. The molecule has 0 radical (unpaired) electrons. The molecule has 0 atom stereocenters. The van der Waals surface area contributed by atoms with Crippen LogP contribution in [0.4, 0.5) is 0 Å². The molecule has 4 rings (SSSR count). The third-order valence-electron chi connectivity index (χ3n) is 5.51. The molecule has 0 unspecified atom stereocenters. The number of ether oxygens (including phenoxy) is 1. The number of amides is 1. The van der Waals surface area contributed by atoms with Gasteiger partial charge in [-0.05, 0) is 12.8 Å². The molecule has 0 bridgehead atoms. The molecule has 3 aliphatic rings. The van der Waals surface area contributed by atoms with Crippen LogP contribution in [0.5, 0.6) is 0 Å². The third kappa shape index (κ3) is 3.12. The molecule has 0 aromatic carbocycles. The van der Waals surface area contributed by atoms with Crippen molar-refractivity contribution in [2.75, 3.05) is 45.9 Å². The van der Waals surface area contributed by atoms with Gasteiger partial charge in [0.1, 0.15) is 0 Å². The van der Waals surface area contributed by atoms with Crippen LogP contribution in [-0.2, 0) is 11.3 Å². The Kier molecular flexibility index (Phi) is 4.07. The average Bonchev–Trinajstić information content (AvgIpc) is 3.21. The lowest BCUT2D eigenvalue weighted by Crippen LogP contribution is -2.57. The summed E-state index contributed by atoms with van der Waals surface area (Å²) in [4.78, 5) is 16.8. The molecule has 1 saturated carbocycles. The largest absolute Gasteiger partial charge is 0.379 e. The highest BCUT2D eigenvalue weighted by atomic mass is 16.5. The molecule has 1 amide bonds. The summed E-state index contributed by atoms with van der Waals surface area (Å²) in [5.41, 5.74) is 0.918. The predicted molar refractivity (Wildman–Crippen MR) is 84.1 cm³/mol. The second-order valence-corrected chi connectivity index (χ2v) is 7.19. The lowest BCUT2D eigenvalue weighted by molar-refractivity contribution is 0.00884. The minimum atomic E-state index is 0.0418. The van der Waals surface area contributed by atoms with Crippen LogP contribution >= 0.6 is 0 Å². The van der Waals surface area contributed by atoms with E-state index in [1.165, 1.54) is 25.7 Å². The Balaban J connectivity index is 1.28. The van der Waals surface area contributed by atoms with E-state index >= 15 is 0 Å². The maximum absolute atomic E-state index is 12.5. The Labute approximate surface area is 136 Å². The zero-order chi connectivity index (χ0) is 15.7. The van der Waals surface area contributed by atoms with E-state index in [1.807, 2.05) is 4.90 Å². The Bertz CT molecular complexity index is 553. The highest BCUT2D eigenvalue weighted by Crippen LogP contribution is 2.45. The molecule has 7 nitrogen and oxygen atoms in total. The summed E-state index contributed by atoms with van der Waals surface area (Å²) in [7, 11) is 0. The van der Waals surface area contributed by atoms with Crippen molar-refractivity contribution in [1.82, 2.24) is 24.8 Å². The topological polar surface area (TPSA) is 63.5 Å². The van der Waals surface area contributed by atoms with Crippen LogP contribution in [0.3, 0.4) is 0 Å². The van der Waals surface area contributed by atoms with Crippen molar-refractivity contribution in [3.05, 3.63) is 11.9 Å². The summed E-state index contributed by atoms with van der Waals surface area (Å²) in [6.45, 7) is 7.05. The van der Waals surface area contributed by atoms with Gasteiger partial charge in [0.25, 0.3) is 5.91 Å². The Morgan fingerprint density at radius 1 is 1.17 bits per heavy atom. The first-order valence-corrected chi connectivity index (χ1v) is 8.74. The standard InChI is InChI=1S/C16H25N5O2/c22-15(20-12-16(13-20)3-1-2-4-16)14-11-21(18-17-14)6-5-19-7-9-23-10-8-19/h11H,1-10,12-13H2. The molecular formula is C16H25N5O2. The van der Waals surface area contributed by atoms with Gasteiger partial charge in [0.05, 0.1) is 26.0 Å². The summed E-state index contributed by atoms with van der Waals surface area (Å²) in [5.74, 6) is 0.0418. The van der Waals surface area contributed by atoms with E-state index in [9.17, 15) is 4.79 Å². The van der Waals surface area contributed by atoms with Crippen LogP contribution in [-0.4, -0.2) is 76.6 Å². The van der Waals surface area contributed by atoms with Crippen LogP contribution in [0.1, 0.15) is 36.2 Å². The maximum Gasteiger partial charge on any atom is 0.276 e. The number of rotatable bonds is 4. The average molecular weight is 319 g/mol. The smallest absolute Gasteiger partial charge is 0.276 e. The van der Waals surface area contributed by atoms with Crippen molar-refractivity contribution in [2.24, 2.45) is 5.41 Å². The fourth-order valence-electron chi connectivity index (χ4n) is 4.08. The van der Waals surface area contributed by atoms with Crippen molar-refractivity contribution >= 4 is 5.91 Å². The summed E-state index contributed by atoms with van der Waals surface area (Å²) >= 11 is 0. The van der Waals surface area contributed by atoms with Gasteiger partial charge >= 0.3 is 0 Å². The summed E-state index contributed by atoms with van der Waals surface area (Å²) < 4.78 is 7.13. The van der Waals surface area contributed by atoms with Crippen molar-refractivity contribution in [1.29, 1.82) is 0 Å². The van der Waals surface area contributed by atoms with E-state index in [4.69, 9.17) is 4.74 Å². The molecule has 1 aromatic rings. The first-order chi connectivity index (χ1) is 11.2. The van der Waals surface area contributed by atoms with Gasteiger partial charge in [-0.25, -0.2) is 0 Å². The maximum atomic E-state index is 12.5. The highest BCUT2D eigenvalue weighted by Gasteiger charge is 2.47. The van der Waals surface area contributed by atoms with E-state index in [2.05, 4.69) is 15.2 Å². The Morgan fingerprint density at radius 2 is 1.91 bits per heavy atom. The van der Waals surface area contributed by atoms with Gasteiger partial charge in [-0.15, -0.1) is 5.10 Å². The second kappa shape index (κ2) is 6.20. The van der Waals surface area contributed by atoms with Gasteiger partial charge in [0, 0.05) is 38.1 Å². The molecule has 0 N–H and O–H groups in total. The van der Waals surface area contributed by atoms with E-state index < -0.39 is 0 Å². The van der Waals surface area contributed by atoms with Crippen molar-refractivity contribution in [2.45, 2.75) is 32.2 Å². The van der Waals surface area contributed by atoms with Gasteiger partial charge < -0.3 is 9.64 Å². The third-order valence-corrected chi connectivity index (χ3v) is 5.51. The van der Waals surface area contributed by atoms with Crippen LogP contribution in [0.25, 0.3) is 0 Å². The zero-order valence-corrected chi connectivity index (χ0v) is 13.6. The first-order valence-electron chi connectivity index (χ1n) is 8.74. The first kappa shape index (κ1) is 15.1. The molecule has 126 valence electrons. The molecule has 3 heterocycles. The number of likely N-dealkylation sites (tertiary alicyclic amines) is 1. The molecule has 2 aliphatic heterocycles. The molecule has 7 heteroatoms. The number of hydrogen-bond donors (Lipinski definition) is 0. The number of carbonyl (C=O) groups is 1. The van der Waals surface area contributed by atoms with E-state index in [-0.39, 0.29) is 5.91 Å². The molecule has 3 fully saturated rings. The number of nitrogens with zero attached hydrogens (tertiary/aromatic N) is 5. The quantitative estimate of drug-likeness (QED) is 0.814. The Hall–Kier alpha value is -1.47. The van der Waals surface area contributed by atoms with Crippen LogP contribution in [0.2, 0.25) is 0 Å². The van der Waals surface area contributed by atoms with E-state index in [1.54, 1.807) is 10.9 Å². The molecule has 2 saturated heterocycles. The molecular weight excluding hydrogens is 294 g/mol. The number of hydrogen-bond acceptors (Lipinski definition) is 5. The lowest BCUT2D eigenvalue weighted by Gasteiger charge is -2.48. The summed E-state index contributed by atoms with van der Waals surface area (Å²) in [6.07, 6.45) is 6.99. The van der Waals surface area contributed by atoms with Crippen LogP contribution in [0.15, 0.2) is 6.20 Å². The number of morpholine rings is 1. The van der Waals surface area contributed by atoms with Crippen LogP contribution < -0.4 is 0 Å². The number of carbonyl (C=O) groups excluding carboxylic acids is 1. The minimum absolute atomic E-state index is 0.0418. The van der Waals surface area contributed by atoms with E-state index in [0.717, 1.165) is 52.5 Å². The van der Waals surface area contributed by atoms with Crippen molar-refractivity contribution < 1.29 is 9.53 Å². The lowest BCUT2D eigenvalue weighted by atomic mass is 9.78. The second-order valence-electron chi connectivity index (χ2n) is 7.19. The van der Waals surface area contributed by atoms with E-state index in [0.29, 0.717) is 11.1 Å². The fourth-order valence-corrected chi connectivity index (χ4v) is 4.08. The fraction of sp³-hybridized carbons (Fsp3) is 0.812. The summed E-state index contributed by atoms with van der Waals surface area (Å²) in [6, 6.07) is 0. The normalized spacial score (nSPS) is 24.1. The van der Waals surface area contributed by atoms with Gasteiger partial charge in [0.15, 0.2) is 5.69 Å². The van der Waals surface area contributed by atoms with Gasteiger partial charge in [-0.3, -0.25) is 14.4 Å². The summed E-state index contributed by atoms with van der Waals surface area (Å²) in [5, 5.41) is 8.19. The monoisotopic (exact) mass is 319 g/mol. The van der Waals surface area contributed by atoms with Gasteiger partial charge in [-0.2, -0.15) is 0 Å². The molecule has 1 spiro atoms. The molecule has 23 heavy (non-hydrogen) atoms. The van der Waals surface area contributed by atoms with Gasteiger partial charge in [0.2, 0.25) is 0 Å². The number of aromatic nitrogens is 3. The molecule has 1 aliphatic carbocycles. The Morgan fingerprint density at radius 3 is 2.65 bits per heavy atom. The van der Waals surface area contributed by atoms with Gasteiger partial charge in [-0.1, -0.05) is 18.1 Å². The SMILES string of the molecule is O=C(c1cn(CCN2CCOCC2)nn1)N1CC2(CCCC2)C1.